The van der Waals surface area contributed by atoms with Gasteiger partial charge < -0.3 is 14.6 Å². The van der Waals surface area contributed by atoms with Crippen LogP contribution in [0.15, 0.2) is 61.7 Å². The Hall–Kier alpha value is -3.89. The quantitative estimate of drug-likeness (QED) is 0.376. The smallest absolute Gasteiger partial charge is 0.268 e. The molecule has 3 aromatic heterocycles. The highest BCUT2D eigenvalue weighted by atomic mass is 32.1. The molecule has 1 saturated carbocycles. The van der Waals surface area contributed by atoms with E-state index in [2.05, 4.69) is 26.4 Å². The Kier molecular flexibility index (Phi) is 5.85. The summed E-state index contributed by atoms with van der Waals surface area (Å²) in [4.78, 5) is 41.6. The van der Waals surface area contributed by atoms with Crippen LogP contribution in [0, 0.1) is 5.41 Å². The summed E-state index contributed by atoms with van der Waals surface area (Å²) in [6, 6.07) is 9.53. The largest absolute Gasteiger partial charge is 0.392 e. The number of anilines is 1. The monoisotopic (exact) mass is 514 g/mol. The molecule has 6 rings (SSSR count). The zero-order valence-electron chi connectivity index (χ0n) is 20.1. The van der Waals surface area contributed by atoms with Crippen molar-refractivity contribution in [2.75, 3.05) is 18.4 Å². The number of aliphatic hydroxyl groups excluding tert-OH is 1. The highest BCUT2D eigenvalue weighted by molar-refractivity contribution is 7.17. The van der Waals surface area contributed by atoms with E-state index in [1.807, 2.05) is 29.2 Å². The van der Waals surface area contributed by atoms with Gasteiger partial charge in [-0.3, -0.25) is 14.9 Å². The van der Waals surface area contributed by atoms with Gasteiger partial charge in [0.25, 0.3) is 5.91 Å². The molecule has 188 valence electrons. The molecule has 1 spiro atoms. The molecule has 1 saturated heterocycles. The number of hydrogen-bond donors (Lipinski definition) is 2. The second-order valence-corrected chi connectivity index (χ2v) is 10.9. The average molecular weight is 515 g/mol. The molecule has 2 N–H and O–H groups in total. The van der Waals surface area contributed by atoms with Crippen molar-refractivity contribution in [3.05, 3.63) is 72.1 Å². The number of rotatable bonds is 6. The summed E-state index contributed by atoms with van der Waals surface area (Å²) in [6.07, 6.45) is 9.07. The second kappa shape index (κ2) is 9.20. The van der Waals surface area contributed by atoms with E-state index < -0.39 is 0 Å². The molecule has 0 unspecified atom stereocenters. The van der Waals surface area contributed by atoms with Crippen LogP contribution in [0.5, 0.6) is 0 Å². The number of nitrogens with one attached hydrogen (secondary N) is 1. The first-order chi connectivity index (χ1) is 18.0. The fourth-order valence-electron chi connectivity index (χ4n) is 5.61. The van der Waals surface area contributed by atoms with Crippen LogP contribution in [-0.2, 0) is 11.4 Å². The summed E-state index contributed by atoms with van der Waals surface area (Å²) in [6.45, 7) is 5.02. The highest BCUT2D eigenvalue weighted by Gasteiger charge is 2.50. The number of hydrogen-bond acceptors (Lipinski definition) is 7. The molecular formula is C27H26N6O3S. The Bertz CT molecular complexity index is 1510. The van der Waals surface area contributed by atoms with Crippen molar-refractivity contribution >= 4 is 40.1 Å². The maximum atomic E-state index is 13.3. The normalized spacial score (nSPS) is 20.8. The Morgan fingerprint density at radius 1 is 1.22 bits per heavy atom. The van der Waals surface area contributed by atoms with Crippen LogP contribution in [0.2, 0.25) is 0 Å². The first kappa shape index (κ1) is 23.5. The van der Waals surface area contributed by atoms with Crippen LogP contribution in [0.25, 0.3) is 21.5 Å². The van der Waals surface area contributed by atoms with E-state index in [0.717, 1.165) is 59.4 Å². The number of fused-ring (bicyclic) bond motifs is 1. The number of carbonyl (C=O) groups excluding carboxylic acids is 2. The molecule has 1 aliphatic carbocycles. The van der Waals surface area contributed by atoms with Crippen molar-refractivity contribution in [1.82, 2.24) is 24.4 Å². The molecule has 2 aliphatic rings. The molecule has 4 aromatic rings. The molecule has 4 heterocycles. The van der Waals surface area contributed by atoms with Crippen LogP contribution in [0.4, 0.5) is 5.95 Å². The number of benzene rings is 1. The lowest BCUT2D eigenvalue weighted by Gasteiger charge is -2.46. The summed E-state index contributed by atoms with van der Waals surface area (Å²) in [7, 11) is 0. The van der Waals surface area contributed by atoms with Gasteiger partial charge in [0.15, 0.2) is 0 Å². The molecule has 0 atom stereocenters. The van der Waals surface area contributed by atoms with E-state index in [9.17, 15) is 14.7 Å². The van der Waals surface area contributed by atoms with Gasteiger partial charge >= 0.3 is 0 Å². The van der Waals surface area contributed by atoms with E-state index in [4.69, 9.17) is 4.98 Å². The average Bonchev–Trinajstić information content (AvgIpc) is 3.64. The van der Waals surface area contributed by atoms with E-state index in [1.54, 1.807) is 18.5 Å². The van der Waals surface area contributed by atoms with Crippen molar-refractivity contribution in [2.24, 2.45) is 5.41 Å². The van der Waals surface area contributed by atoms with E-state index in [-0.39, 0.29) is 29.9 Å². The third kappa shape index (κ3) is 4.21. The van der Waals surface area contributed by atoms with Gasteiger partial charge in [0.1, 0.15) is 6.33 Å². The highest BCUT2D eigenvalue weighted by Crippen LogP contribution is 2.55. The summed E-state index contributed by atoms with van der Waals surface area (Å²) < 4.78 is 2.11. The lowest BCUT2D eigenvalue weighted by atomic mass is 9.64. The van der Waals surface area contributed by atoms with Gasteiger partial charge in [-0.2, -0.15) is 0 Å². The maximum Gasteiger partial charge on any atom is 0.268 e. The summed E-state index contributed by atoms with van der Waals surface area (Å²) in [5, 5.41) is 12.6. The van der Waals surface area contributed by atoms with Gasteiger partial charge in [-0.1, -0.05) is 12.6 Å². The minimum Gasteiger partial charge on any atom is -0.392 e. The van der Waals surface area contributed by atoms with Crippen molar-refractivity contribution in [3.8, 4) is 10.4 Å². The van der Waals surface area contributed by atoms with Crippen LogP contribution < -0.4 is 5.32 Å². The predicted molar refractivity (Wildman–Crippen MR) is 141 cm³/mol. The lowest BCUT2D eigenvalue weighted by molar-refractivity contribution is -0.125. The van der Waals surface area contributed by atoms with Gasteiger partial charge in [0.2, 0.25) is 11.9 Å². The predicted octanol–water partition coefficient (Wildman–Crippen LogP) is 4.04. The Morgan fingerprint density at radius 2 is 2.03 bits per heavy atom. The number of aliphatic hydroxyl groups is 1. The molecular weight excluding hydrogens is 488 g/mol. The molecule has 2 fully saturated rings. The van der Waals surface area contributed by atoms with Crippen molar-refractivity contribution < 1.29 is 14.7 Å². The number of nitrogens with zero attached hydrogens (tertiary/aromatic N) is 5. The van der Waals surface area contributed by atoms with E-state index in [0.29, 0.717) is 10.8 Å². The molecule has 9 nitrogen and oxygen atoms in total. The van der Waals surface area contributed by atoms with Gasteiger partial charge in [-0.15, -0.1) is 11.3 Å². The first-order valence-electron chi connectivity index (χ1n) is 12.2. The maximum absolute atomic E-state index is 13.3. The number of carbonyl (C=O) groups is 2. The number of imidazole rings is 1. The van der Waals surface area contributed by atoms with Crippen LogP contribution in [-0.4, -0.2) is 54.4 Å². The second-order valence-electron chi connectivity index (χ2n) is 9.81. The zero-order chi connectivity index (χ0) is 25.6. The number of thiophene rings is 1. The Labute approximate surface area is 217 Å². The van der Waals surface area contributed by atoms with Gasteiger partial charge in [-0.25, -0.2) is 15.0 Å². The fraction of sp³-hybridized carbons (Fsp3) is 0.296. The van der Waals surface area contributed by atoms with Crippen molar-refractivity contribution in [1.29, 1.82) is 0 Å². The SMILES string of the molecule is C=CC(=O)N1CC[C@]2(C1)C[C@H](n1c(NC(=O)c3ccc(-c4cncnc4)s3)nc3cc(CO)ccc31)C2. The number of likely N-dealkylation sites (tertiary alicyclic amines) is 1. The van der Waals surface area contributed by atoms with Gasteiger partial charge in [0.05, 0.1) is 22.5 Å². The third-order valence-electron chi connectivity index (χ3n) is 7.46. The van der Waals surface area contributed by atoms with Crippen LogP contribution >= 0.6 is 11.3 Å². The topological polar surface area (TPSA) is 113 Å². The standard InChI is InChI=1S/C27H26N6O3S/c1-2-24(35)32-8-7-27(15-32)10-19(11-27)33-21-4-3-17(14-34)9-20(21)30-26(33)31-25(36)23-6-5-22(37-23)18-12-28-16-29-13-18/h2-6,9,12-13,16,19,34H,1,7-8,10-11,14-15H2,(H,30,31,36)/t19-,27-. The molecule has 1 aromatic carbocycles. The molecule has 2 amide bonds. The summed E-state index contributed by atoms with van der Waals surface area (Å²) in [5.74, 6) is 0.241. The number of amides is 2. The molecule has 0 radical (unpaired) electrons. The van der Waals surface area contributed by atoms with E-state index >= 15 is 0 Å². The number of aromatic nitrogens is 4. The first-order valence-corrected chi connectivity index (χ1v) is 13.0. The summed E-state index contributed by atoms with van der Waals surface area (Å²) in [5.41, 5.74) is 3.36. The third-order valence-corrected chi connectivity index (χ3v) is 8.60. The van der Waals surface area contributed by atoms with Crippen LogP contribution in [0.3, 0.4) is 0 Å². The van der Waals surface area contributed by atoms with Crippen molar-refractivity contribution in [2.45, 2.75) is 31.9 Å². The van der Waals surface area contributed by atoms with E-state index in [1.165, 1.54) is 23.7 Å². The fourth-order valence-corrected chi connectivity index (χ4v) is 6.49. The van der Waals surface area contributed by atoms with Gasteiger partial charge in [-0.05, 0) is 60.6 Å². The Balaban J connectivity index is 1.27. The molecule has 1 aliphatic heterocycles. The van der Waals surface area contributed by atoms with Crippen molar-refractivity contribution in [3.63, 3.8) is 0 Å². The van der Waals surface area contributed by atoms with Gasteiger partial charge in [0, 0.05) is 42.0 Å². The van der Waals surface area contributed by atoms with Crippen LogP contribution in [0.1, 0.15) is 40.5 Å². The minimum atomic E-state index is -0.232. The lowest BCUT2D eigenvalue weighted by Crippen LogP contribution is -2.42. The Morgan fingerprint density at radius 3 is 2.78 bits per heavy atom. The molecule has 10 heteroatoms. The molecule has 37 heavy (non-hydrogen) atoms. The summed E-state index contributed by atoms with van der Waals surface area (Å²) >= 11 is 1.37. The molecule has 0 bridgehead atoms. The minimum absolute atomic E-state index is 0.0183. The zero-order valence-corrected chi connectivity index (χ0v) is 20.9.